The summed E-state index contributed by atoms with van der Waals surface area (Å²) in [5.41, 5.74) is 1.51. The van der Waals surface area contributed by atoms with Crippen LogP contribution in [0, 0.1) is 6.92 Å². The van der Waals surface area contributed by atoms with Gasteiger partial charge in [-0.25, -0.2) is 15.0 Å². The van der Waals surface area contributed by atoms with E-state index in [1.807, 2.05) is 30.3 Å². The number of aryl methyl sites for hydroxylation is 1. The van der Waals surface area contributed by atoms with Gasteiger partial charge in [0.15, 0.2) is 35.2 Å². The van der Waals surface area contributed by atoms with E-state index in [1.165, 1.54) is 10.9 Å². The van der Waals surface area contributed by atoms with E-state index in [-0.39, 0.29) is 5.65 Å². The van der Waals surface area contributed by atoms with Gasteiger partial charge in [0.1, 0.15) is 11.9 Å². The Kier molecular flexibility index (Phi) is 7.34. The van der Waals surface area contributed by atoms with Gasteiger partial charge in [-0.1, -0.05) is 30.3 Å². The van der Waals surface area contributed by atoms with Crippen molar-refractivity contribution in [2.75, 3.05) is 17.8 Å². The first kappa shape index (κ1) is 26.8. The molecule has 1 aliphatic heterocycles. The molecule has 2 aromatic heterocycles. The summed E-state index contributed by atoms with van der Waals surface area (Å²) in [6.07, 6.45) is -3.93. The molecule has 17 heteroatoms. The fraction of sp³-hybridized carbons (Fsp3) is 0.421. The molecule has 1 aromatic carbocycles. The maximum Gasteiger partial charge on any atom is 0.340 e. The number of aliphatic hydroxyl groups excluding tert-OH is 1. The van der Waals surface area contributed by atoms with Crippen LogP contribution in [0.1, 0.15) is 17.6 Å². The molecular weight excluding hydrogens is 520 g/mol. The van der Waals surface area contributed by atoms with Gasteiger partial charge in [-0.05, 0) is 12.5 Å². The van der Waals surface area contributed by atoms with Crippen molar-refractivity contribution < 1.29 is 48.4 Å². The second-order valence-electron chi connectivity index (χ2n) is 8.27. The van der Waals surface area contributed by atoms with Crippen LogP contribution in [0.15, 0.2) is 36.7 Å². The minimum Gasteiger partial charge on any atom is -0.383 e. The maximum absolute atomic E-state index is 11.9. The third kappa shape index (κ3) is 5.82. The molecule has 196 valence electrons. The van der Waals surface area contributed by atoms with Gasteiger partial charge in [0, 0.05) is 6.54 Å². The van der Waals surface area contributed by atoms with Crippen molar-refractivity contribution in [2.45, 2.75) is 37.7 Å². The first-order chi connectivity index (χ1) is 16.8. The number of nitrogens with zero attached hydrogens (tertiary/aromatic N) is 4. The Bertz CT molecular complexity index is 1330. The van der Waals surface area contributed by atoms with Gasteiger partial charge < -0.3 is 44.6 Å². The Labute approximate surface area is 204 Å². The first-order valence-electron chi connectivity index (χ1n) is 10.5. The van der Waals surface area contributed by atoms with Crippen LogP contribution in [-0.2, 0) is 24.9 Å². The highest BCUT2D eigenvalue weighted by Gasteiger charge is 2.56. The molecule has 7 N–H and O–H groups in total. The van der Waals surface area contributed by atoms with Crippen LogP contribution in [0.4, 0.5) is 5.82 Å². The van der Waals surface area contributed by atoms with Crippen molar-refractivity contribution in [2.24, 2.45) is 0 Å². The smallest absolute Gasteiger partial charge is 0.340 e. The topological polar surface area (TPSA) is 230 Å². The zero-order valence-electron chi connectivity index (χ0n) is 18.8. The number of rotatable bonds is 9. The second-order valence-corrected chi connectivity index (χ2v) is 12.3. The van der Waals surface area contributed by atoms with Gasteiger partial charge in [0.2, 0.25) is 5.79 Å². The highest BCUT2D eigenvalue weighted by molar-refractivity contribution is 7.70. The lowest BCUT2D eigenvalue weighted by atomic mass is 10.1. The second kappa shape index (κ2) is 9.88. The highest BCUT2D eigenvalue weighted by Crippen LogP contribution is 2.55. The summed E-state index contributed by atoms with van der Waals surface area (Å²) < 4.78 is 34.4. The van der Waals surface area contributed by atoms with Crippen molar-refractivity contribution >= 4 is 32.2 Å². The average Bonchev–Trinajstić information content (AvgIpc) is 3.28. The molecule has 0 saturated carbocycles. The molecule has 0 spiro atoms. The molecule has 1 fully saturated rings. The zero-order chi connectivity index (χ0) is 26.3. The lowest BCUT2D eigenvalue weighted by Gasteiger charge is -2.25. The molecule has 3 heterocycles. The molecule has 1 unspecified atom stereocenters. The number of hydrogen-bond acceptors (Lipinski definition) is 11. The monoisotopic (exact) mass is 545 g/mol. The van der Waals surface area contributed by atoms with Gasteiger partial charge in [0.05, 0.1) is 12.9 Å². The fourth-order valence-corrected chi connectivity index (χ4v) is 6.25. The summed E-state index contributed by atoms with van der Waals surface area (Å²) >= 11 is 0. The van der Waals surface area contributed by atoms with E-state index in [9.17, 15) is 29.3 Å². The summed E-state index contributed by atoms with van der Waals surface area (Å²) in [5.74, 6) is -3.67. The predicted octanol–water partition coefficient (Wildman–Crippen LogP) is 0.0232. The summed E-state index contributed by atoms with van der Waals surface area (Å²) in [7, 11) is -9.70. The quantitative estimate of drug-likeness (QED) is 0.139. The zero-order valence-corrected chi connectivity index (χ0v) is 20.6. The van der Waals surface area contributed by atoms with Crippen LogP contribution in [0.5, 0.6) is 0 Å². The number of fused-ring (bicyclic) bond motifs is 1. The van der Waals surface area contributed by atoms with E-state index in [0.717, 1.165) is 5.56 Å². The molecule has 1 saturated heterocycles. The first-order valence-corrected chi connectivity index (χ1v) is 14.1. The lowest BCUT2D eigenvalue weighted by Crippen LogP contribution is -2.49. The highest BCUT2D eigenvalue weighted by atomic mass is 31.2. The summed E-state index contributed by atoms with van der Waals surface area (Å²) in [6, 6.07) is 9.53. The Morgan fingerprint density at radius 3 is 2.53 bits per heavy atom. The van der Waals surface area contributed by atoms with Crippen molar-refractivity contribution in [3.8, 4) is 0 Å². The minimum absolute atomic E-state index is 0.203. The summed E-state index contributed by atoms with van der Waals surface area (Å²) in [4.78, 5) is 40.4. The van der Waals surface area contributed by atoms with Crippen LogP contribution in [-0.4, -0.2) is 80.0 Å². The molecule has 0 aliphatic carbocycles. The van der Waals surface area contributed by atoms with Gasteiger partial charge in [-0.2, -0.15) is 0 Å². The van der Waals surface area contributed by atoms with Crippen molar-refractivity contribution in [1.82, 2.24) is 19.5 Å². The number of aromatic nitrogens is 4. The van der Waals surface area contributed by atoms with Crippen molar-refractivity contribution in [3.63, 3.8) is 0 Å². The van der Waals surface area contributed by atoms with Crippen molar-refractivity contribution in [3.05, 3.63) is 48.0 Å². The maximum atomic E-state index is 11.9. The van der Waals surface area contributed by atoms with Crippen LogP contribution in [0.25, 0.3) is 11.2 Å². The van der Waals surface area contributed by atoms with Gasteiger partial charge in [-0.15, -0.1) is 0 Å². The molecule has 4 rings (SSSR count). The molecule has 0 radical (unpaired) electrons. The number of benzene rings is 1. The summed E-state index contributed by atoms with van der Waals surface area (Å²) in [5, 5.41) is 34.6. The number of ether oxygens (including phenoxy) is 1. The van der Waals surface area contributed by atoms with E-state index in [2.05, 4.69) is 24.8 Å². The molecule has 3 aromatic rings. The largest absolute Gasteiger partial charge is 0.383 e. The Morgan fingerprint density at radius 2 is 1.86 bits per heavy atom. The molecule has 36 heavy (non-hydrogen) atoms. The number of aliphatic hydroxyl groups is 3. The third-order valence-corrected chi connectivity index (χ3v) is 8.84. The Hall–Kier alpha value is -2.29. The van der Waals surface area contributed by atoms with Gasteiger partial charge >= 0.3 is 15.2 Å². The Morgan fingerprint density at radius 1 is 1.17 bits per heavy atom. The van der Waals surface area contributed by atoms with E-state index in [1.54, 1.807) is 6.92 Å². The van der Waals surface area contributed by atoms with Crippen molar-refractivity contribution in [1.29, 1.82) is 0 Å². The molecular formula is C19H25N5O10P2. The van der Waals surface area contributed by atoms with Crippen LogP contribution < -0.4 is 5.32 Å². The third-order valence-electron chi connectivity index (χ3n) is 5.38. The van der Waals surface area contributed by atoms with Crippen LogP contribution in [0.2, 0.25) is 0 Å². The molecule has 4 atom stereocenters. The summed E-state index contributed by atoms with van der Waals surface area (Å²) in [6.45, 7) is 1.11. The van der Waals surface area contributed by atoms with E-state index >= 15 is 0 Å². The normalized spacial score (nSPS) is 23.6. The number of hydrogen-bond donors (Lipinski definition) is 7. The van der Waals surface area contributed by atoms with E-state index in [0.29, 0.717) is 23.7 Å². The standard InChI is InChI=1S/C19H25N5O10P2/c1-11-22-16(20-7-12-5-3-2-4-6-12)14-17(23-11)24(9-21-14)18-15(25)19(26,27)13(34-18)8-33-36(31,32)10-35(28,29)30/h2-6,9,13,15,18,25-27H,7-8,10H2,1H3,(H,31,32)(H,20,22,23)(H2,28,29,30)/t13-,15+,18-/m1/s1. The molecule has 0 amide bonds. The van der Waals surface area contributed by atoms with Crippen LogP contribution in [0.3, 0.4) is 0 Å². The number of nitrogens with one attached hydrogen (secondary N) is 1. The number of imidazole rings is 1. The molecule has 0 bridgehead atoms. The predicted molar refractivity (Wildman–Crippen MR) is 124 cm³/mol. The fourth-order valence-electron chi connectivity index (χ4n) is 3.70. The van der Waals surface area contributed by atoms with E-state index in [4.69, 9.17) is 14.5 Å². The molecule has 1 aliphatic rings. The minimum atomic E-state index is -4.89. The lowest BCUT2D eigenvalue weighted by molar-refractivity contribution is -0.234. The SMILES string of the molecule is Cc1nc(NCc2ccccc2)c2ncn([C@@H]3O[C@H](COP(=O)(O)CP(=O)(O)O)C(O)(O)[C@H]3O)c2n1. The molecule has 15 nitrogen and oxygen atoms in total. The van der Waals surface area contributed by atoms with Gasteiger partial charge in [-0.3, -0.25) is 13.7 Å². The Balaban J connectivity index is 1.56. The van der Waals surface area contributed by atoms with E-state index < -0.39 is 51.9 Å². The van der Waals surface area contributed by atoms with Gasteiger partial charge in [0.25, 0.3) is 0 Å². The average molecular weight is 545 g/mol. The number of anilines is 1. The van der Waals surface area contributed by atoms with Crippen LogP contribution >= 0.6 is 15.2 Å².